The molecule has 0 bridgehead atoms. The molecular weight excluding hydrogens is 268 g/mol. The van der Waals surface area contributed by atoms with Gasteiger partial charge in [0.2, 0.25) is 12.7 Å². The first-order valence-corrected chi connectivity index (χ1v) is 7.41. The third-order valence-corrected chi connectivity index (χ3v) is 3.67. The van der Waals surface area contributed by atoms with E-state index >= 15 is 0 Å². The van der Waals surface area contributed by atoms with Gasteiger partial charge in [-0.1, -0.05) is 19.9 Å². The van der Waals surface area contributed by atoms with Gasteiger partial charge in [-0.25, -0.2) is 0 Å². The van der Waals surface area contributed by atoms with Crippen molar-refractivity contribution in [2.24, 2.45) is 17.6 Å². The zero-order valence-electron chi connectivity index (χ0n) is 12.9. The molecule has 2 unspecified atom stereocenters. The first kappa shape index (κ1) is 15.6. The lowest BCUT2D eigenvalue weighted by Crippen LogP contribution is -2.37. The van der Waals surface area contributed by atoms with Gasteiger partial charge in [0.15, 0.2) is 11.5 Å². The fourth-order valence-corrected chi connectivity index (χ4v) is 2.48. The van der Waals surface area contributed by atoms with E-state index < -0.39 is 0 Å². The lowest BCUT2D eigenvalue weighted by Gasteiger charge is -2.21. The summed E-state index contributed by atoms with van der Waals surface area (Å²) in [5, 5.41) is 3.03. The molecule has 0 radical (unpaired) electrons. The molecule has 21 heavy (non-hydrogen) atoms. The minimum absolute atomic E-state index is 0.0105. The van der Waals surface area contributed by atoms with Crippen LogP contribution in [0.15, 0.2) is 18.2 Å². The summed E-state index contributed by atoms with van der Waals surface area (Å²) in [6.45, 7) is 6.77. The molecule has 1 aromatic rings. The highest BCUT2D eigenvalue weighted by atomic mass is 16.7. The molecule has 0 saturated carbocycles. The van der Waals surface area contributed by atoms with Gasteiger partial charge in [-0.15, -0.1) is 0 Å². The van der Waals surface area contributed by atoms with Crippen molar-refractivity contribution in [2.45, 2.75) is 33.2 Å². The second-order valence-corrected chi connectivity index (χ2v) is 5.91. The lowest BCUT2D eigenvalue weighted by atomic mass is 9.95. The molecule has 3 N–H and O–H groups in total. The number of carbonyl (C=O) groups excluding carboxylic acids is 1. The second kappa shape index (κ2) is 6.80. The first-order chi connectivity index (χ1) is 10.0. The summed E-state index contributed by atoms with van der Waals surface area (Å²) in [5.41, 5.74) is 6.71. The van der Waals surface area contributed by atoms with Crippen molar-refractivity contribution in [2.75, 3.05) is 13.3 Å². The van der Waals surface area contributed by atoms with Crippen LogP contribution in [0.4, 0.5) is 0 Å². The molecule has 1 aromatic carbocycles. The Morgan fingerprint density at radius 1 is 1.29 bits per heavy atom. The van der Waals surface area contributed by atoms with Gasteiger partial charge in [0.05, 0.1) is 12.0 Å². The number of nitrogens with two attached hydrogens (primary N) is 1. The predicted octanol–water partition coefficient (Wildman–Crippen LogP) is 2.21. The van der Waals surface area contributed by atoms with Gasteiger partial charge in [0.25, 0.3) is 0 Å². The van der Waals surface area contributed by atoms with Gasteiger partial charge >= 0.3 is 0 Å². The van der Waals surface area contributed by atoms with Crippen molar-refractivity contribution < 1.29 is 14.3 Å². The topological polar surface area (TPSA) is 73.6 Å². The standard InChI is InChI=1S/C16H24N2O3/c1-10(2)6-13(8-17)16(19)18-11(3)12-4-5-14-15(7-12)21-9-20-14/h4-5,7,10-11,13H,6,8-9,17H2,1-3H3,(H,18,19). The molecular formula is C16H24N2O3. The lowest BCUT2D eigenvalue weighted by molar-refractivity contribution is -0.125. The van der Waals surface area contributed by atoms with Crippen LogP contribution >= 0.6 is 0 Å². The molecule has 1 aliphatic rings. The third-order valence-electron chi connectivity index (χ3n) is 3.67. The Kier molecular flexibility index (Phi) is 5.07. The number of nitrogens with one attached hydrogen (secondary N) is 1. The highest BCUT2D eigenvalue weighted by Gasteiger charge is 2.21. The van der Waals surface area contributed by atoms with Crippen LogP contribution in [-0.4, -0.2) is 19.2 Å². The number of carbonyl (C=O) groups is 1. The van der Waals surface area contributed by atoms with Crippen molar-refractivity contribution >= 4 is 5.91 Å². The van der Waals surface area contributed by atoms with E-state index in [-0.39, 0.29) is 24.7 Å². The van der Waals surface area contributed by atoms with E-state index in [9.17, 15) is 4.79 Å². The number of hydrogen-bond acceptors (Lipinski definition) is 4. The number of rotatable bonds is 6. The Hall–Kier alpha value is -1.75. The SMILES string of the molecule is CC(C)CC(CN)C(=O)NC(C)c1ccc2c(c1)OCO2. The minimum atomic E-state index is -0.138. The summed E-state index contributed by atoms with van der Waals surface area (Å²) in [4.78, 5) is 12.3. The normalized spacial score (nSPS) is 15.9. The zero-order valence-corrected chi connectivity index (χ0v) is 12.9. The van der Waals surface area contributed by atoms with Crippen LogP contribution in [-0.2, 0) is 4.79 Å². The highest BCUT2D eigenvalue weighted by Crippen LogP contribution is 2.34. The molecule has 0 aliphatic carbocycles. The number of hydrogen-bond donors (Lipinski definition) is 2. The van der Waals surface area contributed by atoms with Crippen LogP contribution in [0.5, 0.6) is 11.5 Å². The van der Waals surface area contributed by atoms with Gasteiger partial charge in [-0.2, -0.15) is 0 Å². The van der Waals surface area contributed by atoms with E-state index in [0.29, 0.717) is 12.5 Å². The third kappa shape index (κ3) is 3.88. The fraction of sp³-hybridized carbons (Fsp3) is 0.562. The van der Waals surface area contributed by atoms with E-state index in [0.717, 1.165) is 23.5 Å². The molecule has 2 rings (SSSR count). The molecule has 1 amide bonds. The van der Waals surface area contributed by atoms with Crippen molar-refractivity contribution in [3.8, 4) is 11.5 Å². The molecule has 2 atom stereocenters. The van der Waals surface area contributed by atoms with E-state index in [1.807, 2.05) is 25.1 Å². The Balaban J connectivity index is 2.00. The van der Waals surface area contributed by atoms with Crippen LogP contribution in [0.25, 0.3) is 0 Å². The average Bonchev–Trinajstić information content (AvgIpc) is 2.91. The molecule has 0 saturated heterocycles. The highest BCUT2D eigenvalue weighted by molar-refractivity contribution is 5.79. The van der Waals surface area contributed by atoms with Gasteiger partial charge in [-0.05, 0) is 37.0 Å². The molecule has 116 valence electrons. The van der Waals surface area contributed by atoms with Gasteiger partial charge in [0, 0.05) is 6.54 Å². The van der Waals surface area contributed by atoms with Crippen molar-refractivity contribution in [3.63, 3.8) is 0 Å². The quantitative estimate of drug-likeness (QED) is 0.843. The van der Waals surface area contributed by atoms with Crippen molar-refractivity contribution in [3.05, 3.63) is 23.8 Å². The summed E-state index contributed by atoms with van der Waals surface area (Å²) in [6.07, 6.45) is 0.802. The molecule has 1 heterocycles. The minimum Gasteiger partial charge on any atom is -0.454 e. The molecule has 1 aliphatic heterocycles. The average molecular weight is 292 g/mol. The smallest absolute Gasteiger partial charge is 0.231 e. The van der Waals surface area contributed by atoms with E-state index in [4.69, 9.17) is 15.2 Å². The number of benzene rings is 1. The van der Waals surface area contributed by atoms with Gasteiger partial charge in [-0.3, -0.25) is 4.79 Å². The number of fused-ring (bicyclic) bond motifs is 1. The van der Waals surface area contributed by atoms with Crippen LogP contribution in [0.3, 0.4) is 0 Å². The largest absolute Gasteiger partial charge is 0.454 e. The fourth-order valence-electron chi connectivity index (χ4n) is 2.48. The zero-order chi connectivity index (χ0) is 15.4. The predicted molar refractivity (Wildman–Crippen MR) is 81.1 cm³/mol. The molecule has 5 nitrogen and oxygen atoms in total. The van der Waals surface area contributed by atoms with E-state index in [1.165, 1.54) is 0 Å². The van der Waals surface area contributed by atoms with Crippen LogP contribution in [0.1, 0.15) is 38.8 Å². The Bertz CT molecular complexity index is 502. The van der Waals surface area contributed by atoms with Crippen LogP contribution < -0.4 is 20.5 Å². The van der Waals surface area contributed by atoms with E-state index in [1.54, 1.807) is 0 Å². The summed E-state index contributed by atoms with van der Waals surface area (Å²) < 4.78 is 10.6. The monoisotopic (exact) mass is 292 g/mol. The van der Waals surface area contributed by atoms with Crippen LogP contribution in [0.2, 0.25) is 0 Å². The molecule has 5 heteroatoms. The van der Waals surface area contributed by atoms with Gasteiger partial charge < -0.3 is 20.5 Å². The number of amides is 1. The summed E-state index contributed by atoms with van der Waals surface area (Å²) in [5.74, 6) is 1.80. The second-order valence-electron chi connectivity index (χ2n) is 5.91. The Morgan fingerprint density at radius 2 is 2.00 bits per heavy atom. The van der Waals surface area contributed by atoms with Gasteiger partial charge in [0.1, 0.15) is 0 Å². The molecule has 0 spiro atoms. The summed E-state index contributed by atoms with van der Waals surface area (Å²) in [7, 11) is 0. The van der Waals surface area contributed by atoms with Crippen LogP contribution in [0, 0.1) is 11.8 Å². The molecule has 0 fully saturated rings. The first-order valence-electron chi connectivity index (χ1n) is 7.41. The summed E-state index contributed by atoms with van der Waals surface area (Å²) in [6, 6.07) is 5.63. The Morgan fingerprint density at radius 3 is 2.67 bits per heavy atom. The summed E-state index contributed by atoms with van der Waals surface area (Å²) >= 11 is 0. The van der Waals surface area contributed by atoms with Crippen molar-refractivity contribution in [1.82, 2.24) is 5.32 Å². The maximum atomic E-state index is 12.3. The Labute approximate surface area is 125 Å². The van der Waals surface area contributed by atoms with Crippen molar-refractivity contribution in [1.29, 1.82) is 0 Å². The maximum absolute atomic E-state index is 12.3. The number of ether oxygens (including phenoxy) is 2. The van der Waals surface area contributed by atoms with E-state index in [2.05, 4.69) is 19.2 Å². The maximum Gasteiger partial charge on any atom is 0.231 e. The molecule has 0 aromatic heterocycles.